The number of ether oxygens (including phenoxy) is 3. The number of rotatable bonds is 4. The maximum Gasteiger partial charge on any atom is 0.331 e. The van der Waals surface area contributed by atoms with Gasteiger partial charge in [-0.15, -0.1) is 0 Å². The lowest BCUT2D eigenvalue weighted by molar-refractivity contribution is -0.247. The standard InChI is InChI=1S/C40H54O6/c1-24-13-19-39-22-21-38(7)37(6)18-14-29-35(3,4)31(45-32(42)12-10-26-9-11-27(41)28(23-26)44-8)16-17-36(29,5)30(37)15-20-40(38,46-34(39)43)33(39)25(24)2/h9-12,15,20,23-25,29-31,33,41H,13-14,16-19,21-22H2,1-8H3/b12-10+/t24-,25+,29+,30-,31+,33+,36+,37-,38+,39+,40+/m1/s1. The molecule has 1 spiro atoms. The smallest absolute Gasteiger partial charge is 0.331 e. The summed E-state index contributed by atoms with van der Waals surface area (Å²) in [5, 5.41) is 9.90. The summed E-state index contributed by atoms with van der Waals surface area (Å²) in [5.74, 6) is 2.20. The maximum atomic E-state index is 13.9. The summed E-state index contributed by atoms with van der Waals surface area (Å²) >= 11 is 0. The number of esters is 2. The van der Waals surface area contributed by atoms with Gasteiger partial charge in [0.15, 0.2) is 11.5 Å². The van der Waals surface area contributed by atoms with Crippen LogP contribution in [0.2, 0.25) is 0 Å². The van der Waals surface area contributed by atoms with E-state index in [0.717, 1.165) is 56.9 Å². The summed E-state index contributed by atoms with van der Waals surface area (Å²) in [4.78, 5) is 27.0. The molecule has 0 radical (unpaired) electrons. The van der Waals surface area contributed by atoms with Gasteiger partial charge in [-0.25, -0.2) is 4.79 Å². The van der Waals surface area contributed by atoms with Gasteiger partial charge in [0.05, 0.1) is 12.5 Å². The first-order chi connectivity index (χ1) is 21.6. The molecule has 0 unspecified atom stereocenters. The monoisotopic (exact) mass is 630 g/mol. The van der Waals surface area contributed by atoms with Gasteiger partial charge in [-0.1, -0.05) is 60.6 Å². The van der Waals surface area contributed by atoms with Gasteiger partial charge in [0.1, 0.15) is 11.7 Å². The highest BCUT2D eigenvalue weighted by Crippen LogP contribution is 2.79. The SMILES string of the molecule is COc1cc(/C=C/C(=O)O[C@H]2CC[C@]3(C)[C@H]4C=C[C@]56OC(=O)[C@@]7(CC[C@@H](C)[C@H](C)[C@@H]75)CC[C@@]6(C)[C@]4(C)CC[C@H]3C2(C)C)ccc1O. The third-order valence-corrected chi connectivity index (χ3v) is 15.6. The molecule has 250 valence electrons. The molecule has 7 rings (SSSR count). The van der Waals surface area contributed by atoms with Gasteiger partial charge in [0.25, 0.3) is 0 Å². The normalized spacial score (nSPS) is 46.8. The van der Waals surface area contributed by atoms with Crippen molar-refractivity contribution in [2.45, 2.75) is 112 Å². The van der Waals surface area contributed by atoms with Crippen LogP contribution in [0, 0.1) is 56.7 Å². The molecule has 6 aliphatic rings. The van der Waals surface area contributed by atoms with Gasteiger partial charge in [0, 0.05) is 22.8 Å². The Kier molecular flexibility index (Phi) is 7.00. The zero-order valence-electron chi connectivity index (χ0n) is 29.2. The highest BCUT2D eigenvalue weighted by atomic mass is 16.6. The second kappa shape index (κ2) is 10.1. The Hall–Kier alpha value is -2.76. The number of phenols is 1. The lowest BCUT2D eigenvalue weighted by Crippen LogP contribution is -2.71. The second-order valence-corrected chi connectivity index (χ2v) is 17.4. The lowest BCUT2D eigenvalue weighted by Gasteiger charge is -2.72. The molecule has 1 aromatic carbocycles. The zero-order valence-corrected chi connectivity index (χ0v) is 29.2. The molecule has 11 atom stereocenters. The van der Waals surface area contributed by atoms with Crippen LogP contribution < -0.4 is 4.74 Å². The summed E-state index contributed by atoms with van der Waals surface area (Å²) in [7, 11) is 1.51. The number of aromatic hydroxyl groups is 1. The van der Waals surface area contributed by atoms with Gasteiger partial charge in [-0.3, -0.25) is 4.79 Å². The van der Waals surface area contributed by atoms with Crippen LogP contribution in [-0.4, -0.2) is 35.9 Å². The third-order valence-electron chi connectivity index (χ3n) is 15.6. The van der Waals surface area contributed by atoms with Crippen molar-refractivity contribution in [2.24, 2.45) is 56.7 Å². The summed E-state index contributed by atoms with van der Waals surface area (Å²) in [6.07, 6.45) is 16.0. The number of allylic oxidation sites excluding steroid dienone is 1. The molecule has 5 aliphatic carbocycles. The molecule has 4 saturated carbocycles. The zero-order chi connectivity index (χ0) is 33.1. The first kappa shape index (κ1) is 31.8. The van der Waals surface area contributed by atoms with E-state index < -0.39 is 5.60 Å². The van der Waals surface area contributed by atoms with Crippen LogP contribution in [0.25, 0.3) is 6.08 Å². The molecule has 1 heterocycles. The quantitative estimate of drug-likeness (QED) is 0.204. The van der Waals surface area contributed by atoms with Gasteiger partial charge < -0.3 is 19.3 Å². The van der Waals surface area contributed by atoms with E-state index in [4.69, 9.17) is 14.2 Å². The van der Waals surface area contributed by atoms with Crippen LogP contribution in [0.4, 0.5) is 0 Å². The molecule has 6 nitrogen and oxygen atoms in total. The minimum atomic E-state index is -0.527. The molecular weight excluding hydrogens is 576 g/mol. The molecule has 0 aromatic heterocycles. The van der Waals surface area contributed by atoms with Crippen LogP contribution in [0.3, 0.4) is 0 Å². The summed E-state index contributed by atoms with van der Waals surface area (Å²) in [6, 6.07) is 5.00. The number of methoxy groups -OCH3 is 1. The average molecular weight is 631 g/mol. The number of fused-ring (bicyclic) bond motifs is 4. The predicted octanol–water partition coefficient (Wildman–Crippen LogP) is 8.52. The number of carbonyl (C=O) groups is 2. The number of benzene rings is 1. The predicted molar refractivity (Wildman–Crippen MR) is 178 cm³/mol. The molecule has 1 N–H and O–H groups in total. The van der Waals surface area contributed by atoms with Gasteiger partial charge in [-0.05, 0) is 116 Å². The highest BCUT2D eigenvalue weighted by molar-refractivity contribution is 5.87. The van der Waals surface area contributed by atoms with Crippen molar-refractivity contribution in [3.8, 4) is 11.5 Å². The van der Waals surface area contributed by atoms with Gasteiger partial charge in [0.2, 0.25) is 0 Å². The van der Waals surface area contributed by atoms with Crippen LogP contribution in [0.15, 0.2) is 36.4 Å². The number of hydrogen-bond donors (Lipinski definition) is 1. The van der Waals surface area contributed by atoms with Crippen molar-refractivity contribution in [1.82, 2.24) is 0 Å². The summed E-state index contributed by atoms with van der Waals surface area (Å²) in [6.45, 7) is 16.9. The molecule has 1 saturated heterocycles. The fourth-order valence-corrected chi connectivity index (χ4v) is 12.8. The van der Waals surface area contributed by atoms with Crippen LogP contribution in [0.5, 0.6) is 11.5 Å². The second-order valence-electron chi connectivity index (χ2n) is 17.4. The van der Waals surface area contributed by atoms with Gasteiger partial charge >= 0.3 is 11.9 Å². The van der Waals surface area contributed by atoms with Crippen molar-refractivity contribution in [1.29, 1.82) is 0 Å². The first-order valence-corrected chi connectivity index (χ1v) is 17.8. The molecule has 0 amide bonds. The topological polar surface area (TPSA) is 82.1 Å². The van der Waals surface area contributed by atoms with Gasteiger partial charge in [-0.2, -0.15) is 0 Å². The van der Waals surface area contributed by atoms with E-state index in [9.17, 15) is 14.7 Å². The molecule has 2 bridgehead atoms. The van der Waals surface area contributed by atoms with Crippen molar-refractivity contribution >= 4 is 18.0 Å². The third kappa shape index (κ3) is 3.88. The molecule has 46 heavy (non-hydrogen) atoms. The Balaban J connectivity index is 1.16. The Morgan fingerprint density at radius 3 is 2.50 bits per heavy atom. The summed E-state index contributed by atoms with van der Waals surface area (Å²) in [5.41, 5.74) is -0.367. The van der Waals surface area contributed by atoms with Crippen LogP contribution in [-0.2, 0) is 19.1 Å². The van der Waals surface area contributed by atoms with E-state index >= 15 is 0 Å². The fourth-order valence-electron chi connectivity index (χ4n) is 12.8. The minimum Gasteiger partial charge on any atom is -0.504 e. The number of hydrogen-bond acceptors (Lipinski definition) is 6. The Morgan fingerprint density at radius 2 is 1.76 bits per heavy atom. The lowest BCUT2D eigenvalue weighted by atomic mass is 9.32. The Labute approximate surface area is 275 Å². The van der Waals surface area contributed by atoms with E-state index in [0.29, 0.717) is 29.4 Å². The van der Waals surface area contributed by atoms with E-state index in [1.165, 1.54) is 13.2 Å². The Bertz CT molecular complexity index is 1510. The number of carbonyl (C=O) groups excluding carboxylic acids is 2. The molecular formula is C40H54O6. The molecule has 1 aliphatic heterocycles. The Morgan fingerprint density at radius 1 is 1.00 bits per heavy atom. The highest BCUT2D eigenvalue weighted by Gasteiger charge is 2.80. The van der Waals surface area contributed by atoms with Crippen molar-refractivity contribution in [3.05, 3.63) is 42.0 Å². The van der Waals surface area contributed by atoms with Crippen molar-refractivity contribution in [2.75, 3.05) is 7.11 Å². The maximum absolute atomic E-state index is 13.9. The van der Waals surface area contributed by atoms with E-state index in [1.807, 2.05) is 0 Å². The van der Waals surface area contributed by atoms with E-state index in [-0.39, 0.29) is 56.8 Å². The molecule has 6 heteroatoms. The van der Waals surface area contributed by atoms with Crippen LogP contribution >= 0.6 is 0 Å². The molecule has 1 aromatic rings. The number of phenolic OH excluding ortho intramolecular Hbond substituents is 1. The fraction of sp³-hybridized carbons (Fsp3) is 0.700. The van der Waals surface area contributed by atoms with Crippen molar-refractivity contribution in [3.63, 3.8) is 0 Å². The van der Waals surface area contributed by atoms with E-state index in [2.05, 4.69) is 60.6 Å². The average Bonchev–Trinajstić information content (AvgIpc) is 3.21. The summed E-state index contributed by atoms with van der Waals surface area (Å²) < 4.78 is 18.2. The molecule has 5 fully saturated rings. The van der Waals surface area contributed by atoms with E-state index in [1.54, 1.807) is 24.3 Å². The van der Waals surface area contributed by atoms with Crippen LogP contribution in [0.1, 0.15) is 105 Å². The largest absolute Gasteiger partial charge is 0.504 e. The first-order valence-electron chi connectivity index (χ1n) is 17.8. The minimum absolute atomic E-state index is 0.00229. The van der Waals surface area contributed by atoms with Crippen molar-refractivity contribution < 1.29 is 28.9 Å².